The van der Waals surface area contributed by atoms with Crippen LogP contribution in [0.5, 0.6) is 11.5 Å². The van der Waals surface area contributed by atoms with Crippen LogP contribution in [0.4, 0.5) is 11.6 Å². The molecule has 0 saturated heterocycles. The van der Waals surface area contributed by atoms with Gasteiger partial charge in [-0.3, -0.25) is 9.48 Å². The third-order valence-corrected chi connectivity index (χ3v) is 5.45. The fraction of sp³-hybridized carbons (Fsp3) is 0.375. The number of nitrogens with one attached hydrogen (secondary N) is 1. The summed E-state index contributed by atoms with van der Waals surface area (Å²) in [6, 6.07) is 9.49. The highest BCUT2D eigenvalue weighted by Crippen LogP contribution is 2.45. The highest BCUT2D eigenvalue weighted by Gasteiger charge is 2.29. The van der Waals surface area contributed by atoms with Crippen LogP contribution in [-0.2, 0) is 13.5 Å². The molecular formula is C24H31Cl2N5O3. The van der Waals surface area contributed by atoms with Crippen molar-refractivity contribution < 1.29 is 14.3 Å². The molecule has 0 bridgehead atoms. The maximum atomic E-state index is 12.0. The lowest BCUT2D eigenvalue weighted by atomic mass is 10.1. The molecule has 0 atom stereocenters. The predicted octanol–water partition coefficient (Wildman–Crippen LogP) is 4.69. The number of hydrogen-bond acceptors (Lipinski definition) is 7. The quantitative estimate of drug-likeness (QED) is 0.237. The highest BCUT2D eigenvalue weighted by atomic mass is 35.5. The Morgan fingerprint density at radius 3 is 2.65 bits per heavy atom. The van der Waals surface area contributed by atoms with Crippen LogP contribution in [0.1, 0.15) is 48.3 Å². The zero-order chi connectivity index (χ0) is 22.7. The maximum Gasteiger partial charge on any atom is 0.180 e. The lowest BCUT2D eigenvalue weighted by molar-refractivity contribution is 0.0983. The molecular weight excluding hydrogens is 477 g/mol. The molecule has 8 nitrogen and oxygen atoms in total. The van der Waals surface area contributed by atoms with Crippen LogP contribution in [0.25, 0.3) is 11.3 Å². The number of fused-ring (bicyclic) bond motifs is 3. The molecule has 0 amide bonds. The number of rotatable bonds is 10. The summed E-state index contributed by atoms with van der Waals surface area (Å²) in [5.74, 6) is 2.80. The maximum absolute atomic E-state index is 12.0. The summed E-state index contributed by atoms with van der Waals surface area (Å²) in [5, 5.41) is 7.98. The third kappa shape index (κ3) is 5.46. The number of nitrogens with two attached hydrogens (primary N) is 1. The predicted molar refractivity (Wildman–Crippen MR) is 138 cm³/mol. The molecule has 0 radical (unpaired) electrons. The van der Waals surface area contributed by atoms with Crippen LogP contribution < -0.4 is 20.5 Å². The number of carbonyl (C=O) groups is 1. The van der Waals surface area contributed by atoms with Crippen LogP contribution in [0.2, 0.25) is 0 Å². The smallest absolute Gasteiger partial charge is 0.180 e. The van der Waals surface area contributed by atoms with Gasteiger partial charge in [0.15, 0.2) is 23.1 Å². The minimum atomic E-state index is 0. The zero-order valence-electron chi connectivity index (χ0n) is 19.6. The topological polar surface area (TPSA) is 104 Å². The summed E-state index contributed by atoms with van der Waals surface area (Å²) in [6.45, 7) is 5.47. The SMILES string of the molecule is CCOc1cc2c(cc1OCCCN)-c1c(c(Nc3cccc(C(=O)CC)n3)nn1C)C2.Cl.Cl. The molecule has 10 heteroatoms. The van der Waals surface area contributed by atoms with E-state index in [-0.39, 0.29) is 30.6 Å². The molecule has 0 saturated carbocycles. The molecule has 34 heavy (non-hydrogen) atoms. The van der Waals surface area contributed by atoms with Gasteiger partial charge in [-0.05, 0) is 49.7 Å². The van der Waals surface area contributed by atoms with Crippen LogP contribution in [-0.4, -0.2) is 40.3 Å². The molecule has 2 heterocycles. The molecule has 0 aliphatic heterocycles. The lowest BCUT2D eigenvalue weighted by Gasteiger charge is -2.14. The largest absolute Gasteiger partial charge is 0.490 e. The Bertz CT molecular complexity index is 1150. The van der Waals surface area contributed by atoms with Crippen LogP contribution in [0.3, 0.4) is 0 Å². The van der Waals surface area contributed by atoms with Gasteiger partial charge in [-0.2, -0.15) is 5.10 Å². The van der Waals surface area contributed by atoms with Crippen LogP contribution in [0.15, 0.2) is 30.3 Å². The summed E-state index contributed by atoms with van der Waals surface area (Å²) in [5.41, 5.74) is 10.4. The molecule has 0 fully saturated rings. The van der Waals surface area contributed by atoms with Crippen molar-refractivity contribution >= 4 is 42.2 Å². The highest BCUT2D eigenvalue weighted by molar-refractivity contribution is 5.94. The number of anilines is 2. The monoisotopic (exact) mass is 507 g/mol. The summed E-state index contributed by atoms with van der Waals surface area (Å²) < 4.78 is 13.7. The Balaban J connectivity index is 0.00000204. The van der Waals surface area contributed by atoms with Gasteiger partial charge in [-0.1, -0.05) is 13.0 Å². The van der Waals surface area contributed by atoms with Crippen molar-refractivity contribution in [2.45, 2.75) is 33.1 Å². The first kappa shape index (κ1) is 27.4. The van der Waals surface area contributed by atoms with E-state index in [0.717, 1.165) is 52.5 Å². The number of nitrogens with zero attached hydrogens (tertiary/aromatic N) is 3. The second kappa shape index (κ2) is 12.1. The van der Waals surface area contributed by atoms with Gasteiger partial charge in [-0.15, -0.1) is 24.8 Å². The third-order valence-electron chi connectivity index (χ3n) is 5.45. The average Bonchev–Trinajstić information content (AvgIpc) is 3.31. The van der Waals surface area contributed by atoms with E-state index in [9.17, 15) is 4.79 Å². The Morgan fingerprint density at radius 2 is 1.94 bits per heavy atom. The van der Waals surface area contributed by atoms with Crippen molar-refractivity contribution in [3.05, 3.63) is 47.2 Å². The fourth-order valence-electron chi connectivity index (χ4n) is 3.94. The molecule has 3 N–H and O–H groups in total. The van der Waals surface area contributed by atoms with Crippen molar-refractivity contribution in [3.63, 3.8) is 0 Å². The number of benzene rings is 1. The first-order valence-electron chi connectivity index (χ1n) is 11.0. The number of Topliss-reactive ketones (excluding diaryl/α,β-unsaturated/α-hetero) is 1. The Labute approximate surface area is 212 Å². The van der Waals surface area contributed by atoms with E-state index in [2.05, 4.69) is 21.5 Å². The molecule has 1 aromatic carbocycles. The van der Waals surface area contributed by atoms with Gasteiger partial charge in [0.1, 0.15) is 11.5 Å². The second-order valence-electron chi connectivity index (χ2n) is 7.67. The number of ketones is 1. The normalized spacial score (nSPS) is 11.1. The van der Waals surface area contributed by atoms with Gasteiger partial charge in [0.2, 0.25) is 0 Å². The number of halogens is 2. The minimum Gasteiger partial charge on any atom is -0.490 e. The van der Waals surface area contributed by atoms with Crippen molar-refractivity contribution in [1.82, 2.24) is 14.8 Å². The van der Waals surface area contributed by atoms with Gasteiger partial charge in [0.25, 0.3) is 0 Å². The number of ether oxygens (including phenoxy) is 2. The first-order chi connectivity index (χ1) is 15.5. The molecule has 4 rings (SSSR count). The van der Waals surface area contributed by atoms with E-state index in [1.807, 2.05) is 43.8 Å². The van der Waals surface area contributed by atoms with E-state index in [1.165, 1.54) is 0 Å². The van der Waals surface area contributed by atoms with E-state index >= 15 is 0 Å². The van der Waals surface area contributed by atoms with E-state index in [0.29, 0.717) is 37.7 Å². The molecule has 0 spiro atoms. The fourth-order valence-corrected chi connectivity index (χ4v) is 3.94. The summed E-state index contributed by atoms with van der Waals surface area (Å²) in [7, 11) is 1.93. The molecule has 3 aromatic rings. The Kier molecular flexibility index (Phi) is 9.73. The molecule has 184 valence electrons. The number of hydrogen-bond donors (Lipinski definition) is 2. The van der Waals surface area contributed by atoms with Crippen LogP contribution in [0, 0.1) is 0 Å². The number of aryl methyl sites for hydroxylation is 1. The Hall–Kier alpha value is -2.81. The van der Waals surface area contributed by atoms with Gasteiger partial charge in [-0.25, -0.2) is 4.98 Å². The number of carbonyl (C=O) groups excluding carboxylic acids is 1. The van der Waals surface area contributed by atoms with Gasteiger partial charge >= 0.3 is 0 Å². The van der Waals surface area contributed by atoms with E-state index < -0.39 is 0 Å². The number of pyridine rings is 1. The lowest BCUT2D eigenvalue weighted by Crippen LogP contribution is -2.07. The zero-order valence-corrected chi connectivity index (χ0v) is 21.2. The van der Waals surface area contributed by atoms with E-state index in [1.54, 1.807) is 6.07 Å². The minimum absolute atomic E-state index is 0. The summed E-state index contributed by atoms with van der Waals surface area (Å²) in [4.78, 5) is 16.5. The summed E-state index contributed by atoms with van der Waals surface area (Å²) in [6.07, 6.45) is 1.92. The van der Waals surface area contributed by atoms with Crippen LogP contribution >= 0.6 is 24.8 Å². The average molecular weight is 508 g/mol. The Morgan fingerprint density at radius 1 is 1.18 bits per heavy atom. The molecule has 2 aromatic heterocycles. The van der Waals surface area contributed by atoms with Crippen molar-refractivity contribution in [3.8, 4) is 22.8 Å². The van der Waals surface area contributed by atoms with Crippen molar-refractivity contribution in [2.75, 3.05) is 25.1 Å². The molecule has 1 aliphatic rings. The first-order valence-corrected chi connectivity index (χ1v) is 11.0. The van der Waals surface area contributed by atoms with Crippen molar-refractivity contribution in [1.29, 1.82) is 0 Å². The van der Waals surface area contributed by atoms with E-state index in [4.69, 9.17) is 15.2 Å². The van der Waals surface area contributed by atoms with Gasteiger partial charge < -0.3 is 20.5 Å². The standard InChI is InChI=1S/C24H29N5O3.2ClH/c1-4-19(30)18-8-6-9-22(26-18)27-24-17-12-15-13-20(31-5-2)21(32-11-7-10-25)14-16(15)23(17)29(3)28-24;;/h6,8-9,13-14H,4-5,7,10-12,25H2,1-3H3,(H,26,27,28);2*1H. The van der Waals surface area contributed by atoms with Gasteiger partial charge in [0.05, 0.1) is 18.9 Å². The van der Waals surface area contributed by atoms with Gasteiger partial charge in [0, 0.05) is 31.0 Å². The number of aromatic nitrogens is 3. The molecule has 0 unspecified atom stereocenters. The summed E-state index contributed by atoms with van der Waals surface area (Å²) >= 11 is 0. The second-order valence-corrected chi connectivity index (χ2v) is 7.67. The van der Waals surface area contributed by atoms with Crippen molar-refractivity contribution in [2.24, 2.45) is 12.8 Å². The molecule has 1 aliphatic carbocycles.